The minimum atomic E-state index is -1.52. The first-order valence-electron chi connectivity index (χ1n) is 11.5. The molecule has 14 nitrogen and oxygen atoms in total. The number of aliphatic carboxylic acids is 2. The molecule has 210 valence electrons. The molecule has 1 aromatic carbocycles. The standard InChI is InChI=1S/C23H33N5O9S/c1-38-9-8-14(24)20(33)27-16(11-18(25)30)22(35)26-15(6-7-19(31)32)21(34)28-17(23(36)37)10-12-2-4-13(29)5-3-12/h2-5,14-17,29H,6-11,24H2,1H3,(H2,25,30)(H,26,35)(H,27,33)(H,28,34)(H,31,32)(H,36,37). The van der Waals surface area contributed by atoms with E-state index >= 15 is 0 Å². The van der Waals surface area contributed by atoms with Gasteiger partial charge in [0.2, 0.25) is 23.6 Å². The zero-order valence-electron chi connectivity index (χ0n) is 20.7. The molecule has 0 aliphatic rings. The number of benzene rings is 1. The number of amides is 4. The number of carbonyl (C=O) groups is 6. The average Bonchev–Trinajstić information content (AvgIpc) is 2.84. The molecule has 0 radical (unpaired) electrons. The number of carboxylic acid groups (broad SMARTS) is 2. The van der Waals surface area contributed by atoms with Gasteiger partial charge in [0, 0.05) is 12.8 Å². The van der Waals surface area contributed by atoms with Gasteiger partial charge in [0.05, 0.1) is 12.5 Å². The Bertz CT molecular complexity index is 1010. The normalized spacial score (nSPS) is 13.8. The molecule has 1 aromatic rings. The highest BCUT2D eigenvalue weighted by molar-refractivity contribution is 7.98. The van der Waals surface area contributed by atoms with Crippen molar-refractivity contribution in [2.75, 3.05) is 12.0 Å². The molecule has 4 amide bonds. The number of rotatable bonds is 17. The summed E-state index contributed by atoms with van der Waals surface area (Å²) in [7, 11) is 0. The number of thioether (sulfide) groups is 1. The maximum absolute atomic E-state index is 12.9. The number of hydrogen-bond donors (Lipinski definition) is 8. The molecule has 4 atom stereocenters. The van der Waals surface area contributed by atoms with Crippen LogP contribution in [0.25, 0.3) is 0 Å². The van der Waals surface area contributed by atoms with E-state index in [-0.39, 0.29) is 12.2 Å². The summed E-state index contributed by atoms with van der Waals surface area (Å²) in [5.41, 5.74) is 11.5. The number of nitrogens with one attached hydrogen (secondary N) is 3. The molecular formula is C23H33N5O9S. The van der Waals surface area contributed by atoms with Crippen molar-refractivity contribution in [2.24, 2.45) is 11.5 Å². The van der Waals surface area contributed by atoms with Crippen LogP contribution in [-0.4, -0.2) is 87.1 Å². The van der Waals surface area contributed by atoms with E-state index in [1.807, 2.05) is 6.26 Å². The molecule has 1 rings (SSSR count). The minimum absolute atomic E-state index is 0.0380. The second kappa shape index (κ2) is 16.1. The lowest BCUT2D eigenvalue weighted by atomic mass is 10.0. The lowest BCUT2D eigenvalue weighted by Gasteiger charge is -2.24. The summed E-state index contributed by atoms with van der Waals surface area (Å²) in [6, 6.07) is 0.146. The lowest BCUT2D eigenvalue weighted by Crippen LogP contribution is -2.58. The van der Waals surface area contributed by atoms with Crippen LogP contribution in [0.3, 0.4) is 0 Å². The molecule has 38 heavy (non-hydrogen) atoms. The van der Waals surface area contributed by atoms with E-state index < -0.39 is 79.0 Å². The number of carboxylic acids is 2. The van der Waals surface area contributed by atoms with Crippen molar-refractivity contribution in [3.05, 3.63) is 29.8 Å². The van der Waals surface area contributed by atoms with E-state index in [9.17, 15) is 39.0 Å². The molecule has 0 aliphatic heterocycles. The van der Waals surface area contributed by atoms with Gasteiger partial charge in [-0.2, -0.15) is 11.8 Å². The number of hydrogen-bond acceptors (Lipinski definition) is 9. The first-order chi connectivity index (χ1) is 17.8. The average molecular weight is 556 g/mol. The van der Waals surface area contributed by atoms with Crippen LogP contribution in [0, 0.1) is 0 Å². The summed E-state index contributed by atoms with van der Waals surface area (Å²) < 4.78 is 0. The summed E-state index contributed by atoms with van der Waals surface area (Å²) in [6.07, 6.45) is 0.340. The Morgan fingerprint density at radius 1 is 0.868 bits per heavy atom. The Morgan fingerprint density at radius 3 is 1.95 bits per heavy atom. The topological polar surface area (TPSA) is 251 Å². The summed E-state index contributed by atoms with van der Waals surface area (Å²) >= 11 is 1.45. The van der Waals surface area contributed by atoms with Crippen LogP contribution in [0.5, 0.6) is 5.75 Å². The van der Waals surface area contributed by atoms with Crippen LogP contribution in [0.2, 0.25) is 0 Å². The monoisotopic (exact) mass is 555 g/mol. The van der Waals surface area contributed by atoms with Crippen LogP contribution in [0.1, 0.15) is 31.2 Å². The Morgan fingerprint density at radius 2 is 1.42 bits per heavy atom. The van der Waals surface area contributed by atoms with E-state index in [0.717, 1.165) is 0 Å². The van der Waals surface area contributed by atoms with E-state index in [1.165, 1.54) is 36.0 Å². The van der Waals surface area contributed by atoms with Crippen molar-refractivity contribution < 1.29 is 44.1 Å². The second-order valence-corrected chi connectivity index (χ2v) is 9.37. The van der Waals surface area contributed by atoms with Crippen LogP contribution < -0.4 is 27.4 Å². The first-order valence-corrected chi connectivity index (χ1v) is 12.9. The highest BCUT2D eigenvalue weighted by atomic mass is 32.2. The Balaban J connectivity index is 3.04. The first kappa shape index (κ1) is 32.2. The molecule has 0 saturated carbocycles. The maximum Gasteiger partial charge on any atom is 0.326 e. The molecule has 0 spiro atoms. The summed E-state index contributed by atoms with van der Waals surface area (Å²) in [5.74, 6) is -5.82. The smallest absolute Gasteiger partial charge is 0.326 e. The molecular weight excluding hydrogens is 522 g/mol. The van der Waals surface area contributed by atoms with Crippen LogP contribution in [0.4, 0.5) is 0 Å². The van der Waals surface area contributed by atoms with Gasteiger partial charge in [-0.15, -0.1) is 0 Å². The fourth-order valence-corrected chi connectivity index (χ4v) is 3.70. The molecule has 0 saturated heterocycles. The van der Waals surface area contributed by atoms with Gasteiger partial charge in [0.25, 0.3) is 0 Å². The zero-order valence-corrected chi connectivity index (χ0v) is 21.5. The molecule has 0 aliphatic carbocycles. The van der Waals surface area contributed by atoms with Crippen molar-refractivity contribution in [1.82, 2.24) is 16.0 Å². The van der Waals surface area contributed by atoms with Crippen LogP contribution in [-0.2, 0) is 35.2 Å². The third-order valence-corrected chi connectivity index (χ3v) is 5.92. The zero-order chi connectivity index (χ0) is 28.8. The third-order valence-electron chi connectivity index (χ3n) is 5.28. The van der Waals surface area contributed by atoms with E-state index in [2.05, 4.69) is 16.0 Å². The van der Waals surface area contributed by atoms with E-state index in [0.29, 0.717) is 17.7 Å². The highest BCUT2D eigenvalue weighted by Gasteiger charge is 2.31. The molecule has 4 unspecified atom stereocenters. The van der Waals surface area contributed by atoms with Crippen molar-refractivity contribution in [3.8, 4) is 5.75 Å². The Labute approximate surface area is 222 Å². The largest absolute Gasteiger partial charge is 0.508 e. The molecule has 0 bridgehead atoms. The van der Waals surface area contributed by atoms with Gasteiger partial charge in [0.1, 0.15) is 23.9 Å². The van der Waals surface area contributed by atoms with E-state index in [1.54, 1.807) is 0 Å². The highest BCUT2D eigenvalue weighted by Crippen LogP contribution is 2.12. The predicted octanol–water partition coefficient (Wildman–Crippen LogP) is -1.71. The van der Waals surface area contributed by atoms with Crippen molar-refractivity contribution in [3.63, 3.8) is 0 Å². The fourth-order valence-electron chi connectivity index (χ4n) is 3.21. The van der Waals surface area contributed by atoms with Crippen LogP contribution >= 0.6 is 11.8 Å². The minimum Gasteiger partial charge on any atom is -0.508 e. The Kier molecular flexibility index (Phi) is 13.6. The van der Waals surface area contributed by atoms with Gasteiger partial charge in [-0.25, -0.2) is 4.79 Å². The second-order valence-electron chi connectivity index (χ2n) is 8.38. The lowest BCUT2D eigenvalue weighted by molar-refractivity contribution is -0.143. The van der Waals surface area contributed by atoms with Gasteiger partial charge < -0.3 is 42.7 Å². The Hall–Kier alpha value is -3.85. The number of phenolic OH excluding ortho intramolecular Hbond substituents is 1. The maximum atomic E-state index is 12.9. The predicted molar refractivity (Wildman–Crippen MR) is 137 cm³/mol. The molecule has 15 heteroatoms. The van der Waals surface area contributed by atoms with E-state index in [4.69, 9.17) is 16.6 Å². The number of carbonyl (C=O) groups excluding carboxylic acids is 4. The van der Waals surface area contributed by atoms with Crippen molar-refractivity contribution in [1.29, 1.82) is 0 Å². The van der Waals surface area contributed by atoms with Gasteiger partial charge >= 0.3 is 11.9 Å². The third kappa shape index (κ3) is 11.9. The molecule has 0 aromatic heterocycles. The summed E-state index contributed by atoms with van der Waals surface area (Å²) in [4.78, 5) is 72.6. The number of phenols is 1. The fraction of sp³-hybridized carbons (Fsp3) is 0.478. The molecule has 0 heterocycles. The van der Waals surface area contributed by atoms with Crippen molar-refractivity contribution >= 4 is 47.3 Å². The number of nitrogens with two attached hydrogens (primary N) is 2. The van der Waals surface area contributed by atoms with Gasteiger partial charge in [-0.05, 0) is 42.5 Å². The van der Waals surface area contributed by atoms with Gasteiger partial charge in [-0.1, -0.05) is 12.1 Å². The summed E-state index contributed by atoms with van der Waals surface area (Å²) in [6.45, 7) is 0. The van der Waals surface area contributed by atoms with Gasteiger partial charge in [0.15, 0.2) is 0 Å². The van der Waals surface area contributed by atoms with Crippen LogP contribution in [0.15, 0.2) is 24.3 Å². The molecule has 0 fully saturated rings. The number of aromatic hydroxyl groups is 1. The SMILES string of the molecule is CSCCC(N)C(=O)NC(CC(N)=O)C(=O)NC(CCC(=O)O)C(=O)NC(Cc1ccc(O)cc1)C(=O)O. The quantitative estimate of drug-likeness (QED) is 0.107. The van der Waals surface area contributed by atoms with Gasteiger partial charge in [-0.3, -0.25) is 24.0 Å². The number of primary amides is 1. The summed E-state index contributed by atoms with van der Waals surface area (Å²) in [5, 5.41) is 34.9. The van der Waals surface area contributed by atoms with Crippen molar-refractivity contribution in [2.45, 2.75) is 56.3 Å². The molecule has 10 N–H and O–H groups in total.